The highest BCUT2D eigenvalue weighted by atomic mass is 14.9. The summed E-state index contributed by atoms with van der Waals surface area (Å²) in [7, 11) is 0. The van der Waals surface area contributed by atoms with Crippen LogP contribution in [0.2, 0.25) is 0 Å². The average molecular weight is 202 g/mol. The Morgan fingerprint density at radius 2 is 2.33 bits per heavy atom. The molecule has 0 atom stereocenters. The molecule has 0 aliphatic carbocycles. The summed E-state index contributed by atoms with van der Waals surface area (Å²) in [6, 6.07) is 5.95. The number of nitrogens with two attached hydrogens (primary N) is 1. The van der Waals surface area contributed by atoms with Gasteiger partial charge in [0.15, 0.2) is 0 Å². The number of nitrogens with zero attached hydrogens (tertiary/aromatic N) is 1. The van der Waals surface area contributed by atoms with Crippen LogP contribution in [0.25, 0.3) is 0 Å². The summed E-state index contributed by atoms with van der Waals surface area (Å²) in [5.41, 5.74) is 9.82. The molecule has 0 radical (unpaired) electrons. The second-order valence-corrected chi connectivity index (χ2v) is 3.47. The fraction of sp³-hybridized carbons (Fsp3) is 0.182. The van der Waals surface area contributed by atoms with Gasteiger partial charge < -0.3 is 16.0 Å². The average Bonchev–Trinajstić information content (AvgIpc) is 2.73. The summed E-state index contributed by atoms with van der Waals surface area (Å²) in [5, 5.41) is 3.26. The van der Waals surface area contributed by atoms with Gasteiger partial charge in [0, 0.05) is 6.20 Å². The Morgan fingerprint density at radius 1 is 1.47 bits per heavy atom. The highest BCUT2D eigenvalue weighted by Crippen LogP contribution is 2.21. The Balaban J connectivity index is 2.08. The molecule has 2 aromatic rings. The number of hydrogen-bond acceptors (Lipinski definition) is 3. The second-order valence-electron chi connectivity index (χ2n) is 3.47. The van der Waals surface area contributed by atoms with Crippen LogP contribution < -0.4 is 11.1 Å². The molecule has 4 N–H and O–H groups in total. The Morgan fingerprint density at radius 3 is 3.07 bits per heavy atom. The first-order valence-corrected chi connectivity index (χ1v) is 4.83. The summed E-state index contributed by atoms with van der Waals surface area (Å²) < 4.78 is 0. The molecular weight excluding hydrogens is 188 g/mol. The van der Waals surface area contributed by atoms with E-state index < -0.39 is 0 Å². The van der Waals surface area contributed by atoms with Gasteiger partial charge in [0.25, 0.3) is 0 Å². The molecular formula is C11H14N4. The first kappa shape index (κ1) is 9.58. The van der Waals surface area contributed by atoms with Crippen molar-refractivity contribution in [3.8, 4) is 0 Å². The predicted molar refractivity (Wildman–Crippen MR) is 61.5 cm³/mol. The monoisotopic (exact) mass is 202 g/mol. The van der Waals surface area contributed by atoms with Crippen molar-refractivity contribution in [2.24, 2.45) is 0 Å². The fourth-order valence-electron chi connectivity index (χ4n) is 1.41. The van der Waals surface area contributed by atoms with E-state index in [1.54, 1.807) is 12.5 Å². The van der Waals surface area contributed by atoms with Gasteiger partial charge in [-0.05, 0) is 18.6 Å². The molecule has 0 aliphatic heterocycles. The summed E-state index contributed by atoms with van der Waals surface area (Å²) in [6.45, 7) is 2.70. The van der Waals surface area contributed by atoms with Gasteiger partial charge >= 0.3 is 0 Å². The molecule has 0 amide bonds. The fourth-order valence-corrected chi connectivity index (χ4v) is 1.41. The third-order valence-electron chi connectivity index (χ3n) is 2.35. The number of nitrogen functional groups attached to an aromatic ring is 1. The van der Waals surface area contributed by atoms with Crippen molar-refractivity contribution in [1.82, 2.24) is 9.97 Å². The van der Waals surface area contributed by atoms with Crippen LogP contribution in [0.15, 0.2) is 30.7 Å². The minimum atomic E-state index is 0.702. The van der Waals surface area contributed by atoms with Crippen LogP contribution in [-0.2, 0) is 6.54 Å². The normalized spacial score (nSPS) is 10.2. The van der Waals surface area contributed by atoms with Gasteiger partial charge in [-0.25, -0.2) is 4.98 Å². The highest BCUT2D eigenvalue weighted by Gasteiger charge is 2.00. The minimum Gasteiger partial charge on any atom is -0.397 e. The van der Waals surface area contributed by atoms with Gasteiger partial charge in [0.1, 0.15) is 0 Å². The van der Waals surface area contributed by atoms with E-state index in [1.807, 2.05) is 25.1 Å². The molecule has 78 valence electrons. The molecule has 15 heavy (non-hydrogen) atoms. The molecule has 0 bridgehead atoms. The van der Waals surface area contributed by atoms with Crippen LogP contribution >= 0.6 is 0 Å². The maximum atomic E-state index is 5.93. The zero-order valence-corrected chi connectivity index (χ0v) is 8.62. The zero-order valence-electron chi connectivity index (χ0n) is 8.62. The molecule has 0 saturated heterocycles. The molecule has 0 spiro atoms. The van der Waals surface area contributed by atoms with Crippen molar-refractivity contribution in [3.05, 3.63) is 42.0 Å². The first-order valence-electron chi connectivity index (χ1n) is 4.83. The van der Waals surface area contributed by atoms with Crippen molar-refractivity contribution in [3.63, 3.8) is 0 Å². The van der Waals surface area contributed by atoms with E-state index >= 15 is 0 Å². The van der Waals surface area contributed by atoms with E-state index in [4.69, 9.17) is 5.73 Å². The SMILES string of the molecule is Cc1cccc(NCc2cnc[nH]2)c1N. The van der Waals surface area contributed by atoms with Crippen molar-refractivity contribution in [2.75, 3.05) is 11.1 Å². The number of para-hydroxylation sites is 1. The minimum absolute atomic E-state index is 0.702. The Hall–Kier alpha value is -1.97. The number of anilines is 2. The Labute approximate surface area is 88.5 Å². The molecule has 4 heteroatoms. The number of aryl methyl sites for hydroxylation is 1. The van der Waals surface area contributed by atoms with Crippen LogP contribution in [0.1, 0.15) is 11.3 Å². The van der Waals surface area contributed by atoms with Crippen molar-refractivity contribution in [2.45, 2.75) is 13.5 Å². The lowest BCUT2D eigenvalue weighted by Gasteiger charge is -2.09. The van der Waals surface area contributed by atoms with Crippen molar-refractivity contribution in [1.29, 1.82) is 0 Å². The number of hydrogen-bond donors (Lipinski definition) is 3. The number of imidazole rings is 1. The van der Waals surface area contributed by atoms with Crippen LogP contribution in [-0.4, -0.2) is 9.97 Å². The predicted octanol–water partition coefficient (Wildman–Crippen LogP) is 1.91. The maximum Gasteiger partial charge on any atom is 0.0922 e. The largest absolute Gasteiger partial charge is 0.397 e. The number of rotatable bonds is 3. The number of aromatic nitrogens is 2. The standard InChI is InChI=1S/C11H14N4/c1-8-3-2-4-10(11(8)12)14-6-9-5-13-7-15-9/h2-5,7,14H,6,12H2,1H3,(H,13,15). The molecule has 0 aliphatic rings. The molecule has 2 rings (SSSR count). The van der Waals surface area contributed by atoms with Gasteiger partial charge in [0.05, 0.1) is 29.9 Å². The van der Waals surface area contributed by atoms with E-state index in [0.717, 1.165) is 22.6 Å². The van der Waals surface area contributed by atoms with Gasteiger partial charge in [-0.2, -0.15) is 0 Å². The van der Waals surface area contributed by atoms with Crippen LogP contribution in [0.5, 0.6) is 0 Å². The lowest BCUT2D eigenvalue weighted by Crippen LogP contribution is -2.03. The van der Waals surface area contributed by atoms with Gasteiger partial charge in [0.2, 0.25) is 0 Å². The number of H-pyrrole nitrogens is 1. The zero-order chi connectivity index (χ0) is 10.7. The third-order valence-corrected chi connectivity index (χ3v) is 2.35. The van der Waals surface area contributed by atoms with Gasteiger partial charge in [-0.3, -0.25) is 0 Å². The molecule has 0 saturated carbocycles. The number of aromatic amines is 1. The van der Waals surface area contributed by atoms with Crippen LogP contribution in [0.4, 0.5) is 11.4 Å². The Bertz CT molecular complexity index is 434. The quantitative estimate of drug-likeness (QED) is 0.666. The van der Waals surface area contributed by atoms with Crippen LogP contribution in [0.3, 0.4) is 0 Å². The highest BCUT2D eigenvalue weighted by molar-refractivity contribution is 5.69. The molecule has 1 aromatic heterocycles. The molecule has 1 heterocycles. The van der Waals surface area contributed by atoms with E-state index in [-0.39, 0.29) is 0 Å². The van der Waals surface area contributed by atoms with E-state index in [0.29, 0.717) is 6.54 Å². The van der Waals surface area contributed by atoms with E-state index in [2.05, 4.69) is 15.3 Å². The second kappa shape index (κ2) is 4.04. The lowest BCUT2D eigenvalue weighted by atomic mass is 10.2. The summed E-state index contributed by atoms with van der Waals surface area (Å²) in [6.07, 6.45) is 3.45. The third kappa shape index (κ3) is 2.10. The van der Waals surface area contributed by atoms with E-state index in [1.165, 1.54) is 0 Å². The van der Waals surface area contributed by atoms with Gasteiger partial charge in [-0.15, -0.1) is 0 Å². The Kier molecular flexibility index (Phi) is 2.58. The number of nitrogens with one attached hydrogen (secondary N) is 2. The lowest BCUT2D eigenvalue weighted by molar-refractivity contribution is 1.07. The van der Waals surface area contributed by atoms with Gasteiger partial charge in [-0.1, -0.05) is 12.1 Å². The molecule has 0 fully saturated rings. The molecule has 4 nitrogen and oxygen atoms in total. The summed E-state index contributed by atoms with van der Waals surface area (Å²) in [4.78, 5) is 6.97. The van der Waals surface area contributed by atoms with E-state index in [9.17, 15) is 0 Å². The molecule has 0 unspecified atom stereocenters. The molecule has 1 aromatic carbocycles. The summed E-state index contributed by atoms with van der Waals surface area (Å²) in [5.74, 6) is 0. The first-order chi connectivity index (χ1) is 7.27. The van der Waals surface area contributed by atoms with Crippen molar-refractivity contribution < 1.29 is 0 Å². The van der Waals surface area contributed by atoms with Crippen LogP contribution in [0, 0.1) is 6.92 Å². The smallest absolute Gasteiger partial charge is 0.0922 e. The topological polar surface area (TPSA) is 66.7 Å². The van der Waals surface area contributed by atoms with Crippen molar-refractivity contribution >= 4 is 11.4 Å². The maximum absolute atomic E-state index is 5.93. The number of benzene rings is 1. The summed E-state index contributed by atoms with van der Waals surface area (Å²) >= 11 is 0.